The van der Waals surface area contributed by atoms with Gasteiger partial charge < -0.3 is 15.0 Å². The van der Waals surface area contributed by atoms with Gasteiger partial charge in [-0.05, 0) is 31.5 Å². The van der Waals surface area contributed by atoms with Crippen LogP contribution in [0.15, 0.2) is 47.5 Å². The average molecular weight is 272 g/mol. The molecule has 4 nitrogen and oxygen atoms in total. The first-order chi connectivity index (χ1) is 9.60. The Morgan fingerprint density at radius 1 is 1.25 bits per heavy atom. The second kappa shape index (κ2) is 6.39. The molecule has 0 aliphatic rings. The third-order valence-corrected chi connectivity index (χ3v) is 3.12. The second-order valence-electron chi connectivity index (χ2n) is 4.80. The Kier molecular flexibility index (Phi) is 4.58. The molecule has 1 heterocycles. The Labute approximate surface area is 118 Å². The van der Waals surface area contributed by atoms with E-state index in [0.717, 1.165) is 16.9 Å². The summed E-state index contributed by atoms with van der Waals surface area (Å²) in [5.41, 5.74) is 8.07. The molecule has 2 rings (SSSR count). The van der Waals surface area contributed by atoms with Gasteiger partial charge in [0.15, 0.2) is 5.43 Å². The van der Waals surface area contributed by atoms with E-state index in [-0.39, 0.29) is 11.5 Å². The zero-order chi connectivity index (χ0) is 14.5. The van der Waals surface area contributed by atoms with E-state index >= 15 is 0 Å². The van der Waals surface area contributed by atoms with Gasteiger partial charge in [0.2, 0.25) is 0 Å². The highest BCUT2D eigenvalue weighted by Crippen LogP contribution is 2.23. The van der Waals surface area contributed by atoms with E-state index in [4.69, 9.17) is 10.5 Å². The van der Waals surface area contributed by atoms with Crippen LogP contribution in [0, 0.1) is 0 Å². The van der Waals surface area contributed by atoms with E-state index in [9.17, 15) is 4.79 Å². The highest BCUT2D eigenvalue weighted by Gasteiger charge is 2.08. The van der Waals surface area contributed by atoms with Gasteiger partial charge in [0.05, 0.1) is 13.2 Å². The molecule has 0 saturated heterocycles. The van der Waals surface area contributed by atoms with Crippen molar-refractivity contribution in [2.24, 2.45) is 5.73 Å². The molecule has 0 fully saturated rings. The first-order valence-corrected chi connectivity index (χ1v) is 6.77. The van der Waals surface area contributed by atoms with Crippen LogP contribution in [0.2, 0.25) is 0 Å². The van der Waals surface area contributed by atoms with E-state index < -0.39 is 0 Å². The second-order valence-corrected chi connectivity index (χ2v) is 4.80. The topological polar surface area (TPSA) is 57.2 Å². The number of aromatic nitrogens is 1. The summed E-state index contributed by atoms with van der Waals surface area (Å²) in [6, 6.07) is 9.10. The average Bonchev–Trinajstić information content (AvgIpc) is 2.43. The van der Waals surface area contributed by atoms with Crippen molar-refractivity contribution in [1.29, 1.82) is 0 Å². The zero-order valence-corrected chi connectivity index (χ0v) is 11.9. The molecule has 0 saturated carbocycles. The summed E-state index contributed by atoms with van der Waals surface area (Å²) in [7, 11) is 0. The van der Waals surface area contributed by atoms with Gasteiger partial charge in [-0.15, -0.1) is 0 Å². The summed E-state index contributed by atoms with van der Waals surface area (Å²) in [5, 5.41) is 0. The summed E-state index contributed by atoms with van der Waals surface area (Å²) in [6.07, 6.45) is 3.55. The van der Waals surface area contributed by atoms with Crippen molar-refractivity contribution in [3.05, 3.63) is 64.1 Å². The van der Waals surface area contributed by atoms with Crippen molar-refractivity contribution in [3.63, 3.8) is 0 Å². The number of ether oxygens (including phenoxy) is 1. The quantitative estimate of drug-likeness (QED) is 0.908. The molecular formula is C16H20N2O2. The van der Waals surface area contributed by atoms with Crippen molar-refractivity contribution >= 4 is 0 Å². The molecule has 0 aliphatic heterocycles. The number of nitrogens with two attached hydrogens (primary N) is 1. The highest BCUT2D eigenvalue weighted by molar-refractivity contribution is 5.38. The Bertz CT molecular complexity index is 612. The smallest absolute Gasteiger partial charge is 0.181 e. The predicted molar refractivity (Wildman–Crippen MR) is 80.0 cm³/mol. The van der Waals surface area contributed by atoms with Gasteiger partial charge in [-0.25, -0.2) is 0 Å². The van der Waals surface area contributed by atoms with Crippen molar-refractivity contribution in [2.45, 2.75) is 26.4 Å². The Balaban J connectivity index is 2.33. The van der Waals surface area contributed by atoms with Crippen LogP contribution in [0.4, 0.5) is 0 Å². The molecule has 1 aromatic heterocycles. The third-order valence-electron chi connectivity index (χ3n) is 3.12. The van der Waals surface area contributed by atoms with Crippen LogP contribution < -0.4 is 15.9 Å². The Morgan fingerprint density at radius 2 is 1.95 bits per heavy atom. The van der Waals surface area contributed by atoms with E-state index in [1.54, 1.807) is 24.5 Å². The molecule has 2 aromatic rings. The Hall–Kier alpha value is -2.07. The highest BCUT2D eigenvalue weighted by atomic mass is 16.5. The molecule has 1 aromatic carbocycles. The van der Waals surface area contributed by atoms with Crippen molar-refractivity contribution in [3.8, 4) is 5.75 Å². The molecule has 20 heavy (non-hydrogen) atoms. The van der Waals surface area contributed by atoms with Gasteiger partial charge in [-0.1, -0.05) is 6.07 Å². The molecule has 0 aliphatic carbocycles. The van der Waals surface area contributed by atoms with Crippen LogP contribution in [0.1, 0.15) is 31.0 Å². The van der Waals surface area contributed by atoms with Gasteiger partial charge in [0, 0.05) is 36.1 Å². The van der Waals surface area contributed by atoms with Gasteiger partial charge in [-0.2, -0.15) is 0 Å². The molecule has 0 radical (unpaired) electrons. The monoisotopic (exact) mass is 272 g/mol. The number of hydrogen-bond acceptors (Lipinski definition) is 3. The maximum Gasteiger partial charge on any atom is 0.181 e. The molecular weight excluding hydrogens is 252 g/mol. The summed E-state index contributed by atoms with van der Waals surface area (Å²) in [6.45, 7) is 5.19. The maximum atomic E-state index is 11.1. The van der Waals surface area contributed by atoms with Crippen LogP contribution in [0.5, 0.6) is 5.75 Å². The van der Waals surface area contributed by atoms with Gasteiger partial charge in [0.25, 0.3) is 0 Å². The maximum absolute atomic E-state index is 11.1. The summed E-state index contributed by atoms with van der Waals surface area (Å²) in [4.78, 5) is 11.1. The van der Waals surface area contributed by atoms with E-state index in [1.165, 1.54) is 0 Å². The fourth-order valence-corrected chi connectivity index (χ4v) is 2.05. The number of hydrogen-bond donors (Lipinski definition) is 1. The minimum atomic E-state index is -0.0153. The normalized spacial score (nSPS) is 12.2. The minimum absolute atomic E-state index is 0.00983. The van der Waals surface area contributed by atoms with Gasteiger partial charge in [0.1, 0.15) is 5.75 Å². The number of benzene rings is 1. The first kappa shape index (κ1) is 14.3. The lowest BCUT2D eigenvalue weighted by atomic mass is 10.0. The SMILES string of the molecule is CCOc1ccc(C(C)N)cc1Cn1ccc(=O)cc1. The molecule has 0 amide bonds. The van der Waals surface area contributed by atoms with E-state index in [0.29, 0.717) is 13.2 Å². The minimum Gasteiger partial charge on any atom is -0.494 e. The first-order valence-electron chi connectivity index (χ1n) is 6.77. The van der Waals surface area contributed by atoms with Crippen molar-refractivity contribution in [2.75, 3.05) is 6.61 Å². The largest absolute Gasteiger partial charge is 0.494 e. The van der Waals surface area contributed by atoms with Crippen LogP contribution in [-0.2, 0) is 6.54 Å². The lowest BCUT2D eigenvalue weighted by Crippen LogP contribution is -2.09. The molecule has 1 atom stereocenters. The fourth-order valence-electron chi connectivity index (χ4n) is 2.05. The molecule has 106 valence electrons. The van der Waals surface area contributed by atoms with Gasteiger partial charge in [-0.3, -0.25) is 4.79 Å². The standard InChI is InChI=1S/C16H20N2O2/c1-3-20-16-5-4-13(12(2)17)10-14(16)11-18-8-6-15(19)7-9-18/h4-10,12H,3,11,17H2,1-2H3. The van der Waals surface area contributed by atoms with Crippen molar-refractivity contribution < 1.29 is 4.74 Å². The molecule has 2 N–H and O–H groups in total. The molecule has 0 bridgehead atoms. The van der Waals surface area contributed by atoms with Crippen LogP contribution in [0.25, 0.3) is 0 Å². The summed E-state index contributed by atoms with van der Waals surface area (Å²) in [5.74, 6) is 0.857. The summed E-state index contributed by atoms with van der Waals surface area (Å²) < 4.78 is 7.60. The Morgan fingerprint density at radius 3 is 2.55 bits per heavy atom. The van der Waals surface area contributed by atoms with Crippen molar-refractivity contribution in [1.82, 2.24) is 4.57 Å². The lowest BCUT2D eigenvalue weighted by molar-refractivity contribution is 0.335. The fraction of sp³-hybridized carbons (Fsp3) is 0.312. The van der Waals surface area contributed by atoms with Crippen LogP contribution >= 0.6 is 0 Å². The molecule has 1 unspecified atom stereocenters. The van der Waals surface area contributed by atoms with E-state index in [1.807, 2.05) is 30.5 Å². The third kappa shape index (κ3) is 3.48. The van der Waals surface area contributed by atoms with Gasteiger partial charge >= 0.3 is 0 Å². The predicted octanol–water partition coefficient (Wildman–Crippen LogP) is 2.32. The summed E-state index contributed by atoms with van der Waals surface area (Å²) >= 11 is 0. The zero-order valence-electron chi connectivity index (χ0n) is 11.9. The molecule has 4 heteroatoms. The number of nitrogens with zero attached hydrogens (tertiary/aromatic N) is 1. The van der Waals surface area contributed by atoms with Crippen LogP contribution in [0.3, 0.4) is 0 Å². The van der Waals surface area contributed by atoms with E-state index in [2.05, 4.69) is 6.07 Å². The van der Waals surface area contributed by atoms with Crippen LogP contribution in [-0.4, -0.2) is 11.2 Å². The number of pyridine rings is 1. The molecule has 0 spiro atoms. The lowest BCUT2D eigenvalue weighted by Gasteiger charge is -2.15. The number of rotatable bonds is 5.